The maximum Gasteiger partial charge on any atom is 0.0650 e. The highest BCUT2D eigenvalue weighted by atomic mass is 16.3. The highest BCUT2D eigenvalue weighted by molar-refractivity contribution is 4.87. The van der Waals surface area contributed by atoms with Gasteiger partial charge in [0, 0.05) is 0 Å². The number of hydrogen-bond acceptors (Lipinski definition) is 1. The highest BCUT2D eigenvalue weighted by Crippen LogP contribution is 2.39. The zero-order valence-electron chi connectivity index (χ0n) is 12.9. The third kappa shape index (κ3) is 5.30. The van der Waals surface area contributed by atoms with Crippen molar-refractivity contribution in [3.63, 3.8) is 0 Å². The lowest BCUT2D eigenvalue weighted by atomic mass is 9.72. The predicted octanol–water partition coefficient (Wildman–Crippen LogP) is 5.31. The topological polar surface area (TPSA) is 20.2 Å². The van der Waals surface area contributed by atoms with E-state index in [1.54, 1.807) is 0 Å². The molecule has 1 unspecified atom stereocenters. The van der Waals surface area contributed by atoms with Crippen molar-refractivity contribution in [3.05, 3.63) is 0 Å². The second kappa shape index (κ2) is 8.19. The van der Waals surface area contributed by atoms with E-state index < -0.39 is 0 Å². The molecule has 0 spiro atoms. The van der Waals surface area contributed by atoms with Crippen LogP contribution in [-0.2, 0) is 0 Å². The van der Waals surface area contributed by atoms with E-state index in [9.17, 15) is 5.11 Å². The standard InChI is InChI=1S/C17H34O/c1-4-7-9-15(6-3)14-17(18)12-10-16(8-5-2)11-13-17/h15-16,18H,4-14H2,1-3H3. The van der Waals surface area contributed by atoms with E-state index in [2.05, 4.69) is 20.8 Å². The van der Waals surface area contributed by atoms with E-state index in [0.717, 1.165) is 31.1 Å². The van der Waals surface area contributed by atoms with E-state index >= 15 is 0 Å². The normalized spacial score (nSPS) is 30.3. The van der Waals surface area contributed by atoms with Gasteiger partial charge in [-0.1, -0.05) is 59.3 Å². The van der Waals surface area contributed by atoms with E-state index in [1.807, 2.05) is 0 Å². The van der Waals surface area contributed by atoms with Crippen LogP contribution in [0.1, 0.15) is 91.4 Å². The first-order valence-electron chi connectivity index (χ1n) is 8.36. The van der Waals surface area contributed by atoms with Gasteiger partial charge >= 0.3 is 0 Å². The third-order valence-electron chi connectivity index (χ3n) is 4.94. The van der Waals surface area contributed by atoms with E-state index in [1.165, 1.54) is 51.4 Å². The van der Waals surface area contributed by atoms with E-state index in [0.29, 0.717) is 0 Å². The summed E-state index contributed by atoms with van der Waals surface area (Å²) in [6.07, 6.45) is 13.5. The lowest BCUT2D eigenvalue weighted by Gasteiger charge is -2.38. The Balaban J connectivity index is 2.36. The van der Waals surface area contributed by atoms with Crippen LogP contribution in [0.3, 0.4) is 0 Å². The Bertz CT molecular complexity index is 204. The summed E-state index contributed by atoms with van der Waals surface area (Å²) in [6, 6.07) is 0. The van der Waals surface area contributed by atoms with Crippen LogP contribution in [-0.4, -0.2) is 10.7 Å². The number of hydrogen-bond donors (Lipinski definition) is 1. The van der Waals surface area contributed by atoms with Crippen LogP contribution in [0.25, 0.3) is 0 Å². The molecular weight excluding hydrogens is 220 g/mol. The first kappa shape index (κ1) is 16.0. The average Bonchev–Trinajstić information content (AvgIpc) is 2.38. The quantitative estimate of drug-likeness (QED) is 0.622. The fourth-order valence-corrected chi connectivity index (χ4v) is 3.60. The Morgan fingerprint density at radius 1 is 1.11 bits per heavy atom. The molecule has 0 saturated heterocycles. The summed E-state index contributed by atoms with van der Waals surface area (Å²) < 4.78 is 0. The lowest BCUT2D eigenvalue weighted by Crippen LogP contribution is -2.36. The van der Waals surface area contributed by atoms with Gasteiger partial charge in [-0.05, 0) is 43.9 Å². The van der Waals surface area contributed by atoms with Crippen LogP contribution in [0.15, 0.2) is 0 Å². The van der Waals surface area contributed by atoms with Gasteiger partial charge in [-0.2, -0.15) is 0 Å². The van der Waals surface area contributed by atoms with Gasteiger partial charge in [0.05, 0.1) is 5.60 Å². The second-order valence-electron chi connectivity index (χ2n) is 6.58. The molecule has 1 fully saturated rings. The van der Waals surface area contributed by atoms with Crippen molar-refractivity contribution in [2.24, 2.45) is 11.8 Å². The molecule has 1 N–H and O–H groups in total. The fourth-order valence-electron chi connectivity index (χ4n) is 3.60. The summed E-state index contributed by atoms with van der Waals surface area (Å²) in [6.45, 7) is 6.82. The molecule has 1 nitrogen and oxygen atoms in total. The van der Waals surface area contributed by atoms with Crippen LogP contribution in [0.4, 0.5) is 0 Å². The molecule has 0 aromatic carbocycles. The van der Waals surface area contributed by atoms with Gasteiger partial charge in [0.2, 0.25) is 0 Å². The van der Waals surface area contributed by atoms with Crippen molar-refractivity contribution in [2.75, 3.05) is 0 Å². The molecular formula is C17H34O. The Morgan fingerprint density at radius 2 is 1.78 bits per heavy atom. The molecule has 1 rings (SSSR count). The SMILES string of the molecule is CCCCC(CC)CC1(O)CCC(CCC)CC1. The van der Waals surface area contributed by atoms with Gasteiger partial charge in [0.1, 0.15) is 0 Å². The van der Waals surface area contributed by atoms with Crippen molar-refractivity contribution in [1.29, 1.82) is 0 Å². The zero-order valence-corrected chi connectivity index (χ0v) is 12.9. The Morgan fingerprint density at radius 3 is 2.28 bits per heavy atom. The molecule has 108 valence electrons. The number of unbranched alkanes of at least 4 members (excludes halogenated alkanes) is 1. The van der Waals surface area contributed by atoms with Crippen LogP contribution >= 0.6 is 0 Å². The maximum absolute atomic E-state index is 10.8. The van der Waals surface area contributed by atoms with Crippen LogP contribution in [0, 0.1) is 11.8 Å². The summed E-state index contributed by atoms with van der Waals surface area (Å²) in [5.41, 5.74) is -0.321. The molecule has 1 atom stereocenters. The summed E-state index contributed by atoms with van der Waals surface area (Å²) in [5, 5.41) is 10.8. The van der Waals surface area contributed by atoms with Crippen molar-refractivity contribution < 1.29 is 5.11 Å². The highest BCUT2D eigenvalue weighted by Gasteiger charge is 2.34. The largest absolute Gasteiger partial charge is 0.390 e. The average molecular weight is 254 g/mol. The molecule has 0 radical (unpaired) electrons. The molecule has 18 heavy (non-hydrogen) atoms. The number of rotatable bonds is 8. The van der Waals surface area contributed by atoms with Crippen molar-refractivity contribution in [3.8, 4) is 0 Å². The van der Waals surface area contributed by atoms with Crippen molar-refractivity contribution in [2.45, 2.75) is 97.0 Å². The van der Waals surface area contributed by atoms with Gasteiger partial charge in [0.15, 0.2) is 0 Å². The summed E-state index contributed by atoms with van der Waals surface area (Å²) in [5.74, 6) is 1.64. The molecule has 1 aliphatic carbocycles. The Hall–Kier alpha value is -0.0400. The minimum absolute atomic E-state index is 0.321. The maximum atomic E-state index is 10.8. The molecule has 0 aliphatic heterocycles. The second-order valence-corrected chi connectivity index (χ2v) is 6.58. The van der Waals surface area contributed by atoms with Crippen molar-refractivity contribution >= 4 is 0 Å². The predicted molar refractivity (Wildman–Crippen MR) is 79.7 cm³/mol. The summed E-state index contributed by atoms with van der Waals surface area (Å²) >= 11 is 0. The van der Waals surface area contributed by atoms with E-state index in [4.69, 9.17) is 0 Å². The van der Waals surface area contributed by atoms with Crippen molar-refractivity contribution in [1.82, 2.24) is 0 Å². The molecule has 0 aromatic heterocycles. The molecule has 0 amide bonds. The summed E-state index contributed by atoms with van der Waals surface area (Å²) in [7, 11) is 0. The molecule has 1 aliphatic rings. The Kier molecular flexibility index (Phi) is 7.29. The first-order valence-corrected chi connectivity index (χ1v) is 8.36. The molecule has 1 saturated carbocycles. The lowest BCUT2D eigenvalue weighted by molar-refractivity contribution is -0.0316. The van der Waals surface area contributed by atoms with Gasteiger partial charge in [-0.25, -0.2) is 0 Å². The smallest absolute Gasteiger partial charge is 0.0650 e. The van der Waals surface area contributed by atoms with Gasteiger partial charge < -0.3 is 5.11 Å². The van der Waals surface area contributed by atoms with Crippen LogP contribution in [0.2, 0.25) is 0 Å². The van der Waals surface area contributed by atoms with Gasteiger partial charge in [-0.15, -0.1) is 0 Å². The first-order chi connectivity index (χ1) is 8.63. The summed E-state index contributed by atoms with van der Waals surface area (Å²) in [4.78, 5) is 0. The zero-order chi connectivity index (χ0) is 13.4. The molecule has 1 heteroatoms. The molecule has 0 bridgehead atoms. The minimum atomic E-state index is -0.321. The molecule has 0 aromatic rings. The van der Waals surface area contributed by atoms with E-state index in [-0.39, 0.29) is 5.60 Å². The van der Waals surface area contributed by atoms with Crippen LogP contribution < -0.4 is 0 Å². The number of aliphatic hydroxyl groups is 1. The van der Waals surface area contributed by atoms with Crippen LogP contribution in [0.5, 0.6) is 0 Å². The Labute approximate surface area is 114 Å². The monoisotopic (exact) mass is 254 g/mol. The molecule has 0 heterocycles. The van der Waals surface area contributed by atoms with Gasteiger partial charge in [-0.3, -0.25) is 0 Å². The minimum Gasteiger partial charge on any atom is -0.390 e. The fraction of sp³-hybridized carbons (Fsp3) is 1.00. The van der Waals surface area contributed by atoms with Gasteiger partial charge in [0.25, 0.3) is 0 Å². The third-order valence-corrected chi connectivity index (χ3v) is 4.94.